The number of rotatable bonds is 5. The van der Waals surface area contributed by atoms with Gasteiger partial charge in [0.15, 0.2) is 0 Å². The minimum Gasteiger partial charge on any atom is -0.497 e. The van der Waals surface area contributed by atoms with E-state index in [-0.39, 0.29) is 0 Å². The second-order valence-corrected chi connectivity index (χ2v) is 4.49. The Morgan fingerprint density at radius 2 is 1.90 bits per heavy atom. The van der Waals surface area contributed by atoms with Crippen molar-refractivity contribution >= 4 is 12.0 Å². The molecular weight excluding hydrogens is 268 g/mol. The molecule has 0 radical (unpaired) electrons. The summed E-state index contributed by atoms with van der Waals surface area (Å²) in [6.45, 7) is 1.94. The first kappa shape index (κ1) is 14.7. The summed E-state index contributed by atoms with van der Waals surface area (Å²) in [5.74, 6) is 0.917. The van der Waals surface area contributed by atoms with Crippen LogP contribution in [0.4, 0.5) is 0 Å². The van der Waals surface area contributed by atoms with E-state index in [2.05, 4.69) is 0 Å². The lowest BCUT2D eigenvalue weighted by Gasteiger charge is -2.10. The lowest BCUT2D eigenvalue weighted by molar-refractivity contribution is -0.131. The zero-order valence-corrected chi connectivity index (χ0v) is 11.9. The number of aryl methyl sites for hydroxylation is 1. The predicted octanol–water partition coefficient (Wildman–Crippen LogP) is 3.89. The quantitative estimate of drug-likeness (QED) is 0.846. The SMILES string of the molecule is COc1cccc(Oc2ccc(C)cc2/C=C/C(=O)O)c1. The lowest BCUT2D eigenvalue weighted by Crippen LogP contribution is -1.91. The number of ether oxygens (including phenoxy) is 2. The van der Waals surface area contributed by atoms with Gasteiger partial charge in [0.05, 0.1) is 7.11 Å². The van der Waals surface area contributed by atoms with E-state index in [9.17, 15) is 4.79 Å². The van der Waals surface area contributed by atoms with Crippen molar-refractivity contribution in [1.82, 2.24) is 0 Å². The number of carboxylic acids is 1. The van der Waals surface area contributed by atoms with E-state index in [1.807, 2.05) is 43.3 Å². The van der Waals surface area contributed by atoms with Crippen molar-refractivity contribution in [2.45, 2.75) is 6.92 Å². The Morgan fingerprint density at radius 1 is 1.14 bits per heavy atom. The van der Waals surface area contributed by atoms with Gasteiger partial charge in [0.25, 0.3) is 0 Å². The highest BCUT2D eigenvalue weighted by Gasteiger charge is 2.05. The fraction of sp³-hybridized carbons (Fsp3) is 0.118. The molecule has 2 aromatic carbocycles. The molecule has 0 spiro atoms. The Balaban J connectivity index is 2.32. The summed E-state index contributed by atoms with van der Waals surface area (Å²) in [7, 11) is 1.59. The summed E-state index contributed by atoms with van der Waals surface area (Å²) < 4.78 is 11.0. The number of benzene rings is 2. The molecule has 4 nitrogen and oxygen atoms in total. The van der Waals surface area contributed by atoms with Crippen LogP contribution >= 0.6 is 0 Å². The van der Waals surface area contributed by atoms with Crippen LogP contribution in [0.15, 0.2) is 48.5 Å². The maximum atomic E-state index is 10.7. The van der Waals surface area contributed by atoms with Crippen LogP contribution in [-0.2, 0) is 4.79 Å². The van der Waals surface area contributed by atoms with Crippen molar-refractivity contribution in [1.29, 1.82) is 0 Å². The fourth-order valence-electron chi connectivity index (χ4n) is 1.84. The van der Waals surface area contributed by atoms with Crippen LogP contribution in [0.25, 0.3) is 6.08 Å². The van der Waals surface area contributed by atoms with Crippen molar-refractivity contribution in [3.8, 4) is 17.2 Å². The minimum atomic E-state index is -0.996. The third-order valence-electron chi connectivity index (χ3n) is 2.84. The zero-order chi connectivity index (χ0) is 15.2. The van der Waals surface area contributed by atoms with Crippen LogP contribution in [0.5, 0.6) is 17.2 Å². The third kappa shape index (κ3) is 4.11. The number of methoxy groups -OCH3 is 1. The molecule has 0 fully saturated rings. The maximum absolute atomic E-state index is 10.7. The van der Waals surface area contributed by atoms with E-state index in [4.69, 9.17) is 14.6 Å². The van der Waals surface area contributed by atoms with Gasteiger partial charge in [0.2, 0.25) is 0 Å². The molecule has 21 heavy (non-hydrogen) atoms. The van der Waals surface area contributed by atoms with Crippen LogP contribution in [0.1, 0.15) is 11.1 Å². The molecule has 0 saturated carbocycles. The van der Waals surface area contributed by atoms with Gasteiger partial charge in [-0.3, -0.25) is 0 Å². The molecule has 0 aliphatic rings. The molecule has 0 aliphatic heterocycles. The molecule has 0 aliphatic carbocycles. The Bertz CT molecular complexity index is 674. The third-order valence-corrected chi connectivity index (χ3v) is 2.84. The van der Waals surface area contributed by atoms with Gasteiger partial charge >= 0.3 is 5.97 Å². The molecule has 4 heteroatoms. The van der Waals surface area contributed by atoms with E-state index in [1.165, 1.54) is 6.08 Å². The molecular formula is C17H16O4. The van der Waals surface area contributed by atoms with E-state index < -0.39 is 5.97 Å². The number of carboxylic acid groups (broad SMARTS) is 1. The molecule has 1 N–H and O–H groups in total. The van der Waals surface area contributed by atoms with Gasteiger partial charge in [-0.25, -0.2) is 4.79 Å². The zero-order valence-electron chi connectivity index (χ0n) is 11.9. The standard InChI is InChI=1S/C17H16O4/c1-12-6-8-16(13(10-12)7-9-17(18)19)21-15-5-3-4-14(11-15)20-2/h3-11H,1-2H3,(H,18,19)/b9-7+. The van der Waals surface area contributed by atoms with Crippen LogP contribution in [0.3, 0.4) is 0 Å². The highest BCUT2D eigenvalue weighted by atomic mass is 16.5. The Kier molecular flexibility index (Phi) is 4.61. The highest BCUT2D eigenvalue weighted by molar-refractivity contribution is 5.86. The topological polar surface area (TPSA) is 55.8 Å². The van der Waals surface area contributed by atoms with E-state index >= 15 is 0 Å². The Morgan fingerprint density at radius 3 is 2.62 bits per heavy atom. The minimum absolute atomic E-state index is 0.589. The smallest absolute Gasteiger partial charge is 0.328 e. The van der Waals surface area contributed by atoms with Crippen LogP contribution in [0.2, 0.25) is 0 Å². The molecule has 0 amide bonds. The summed E-state index contributed by atoms with van der Waals surface area (Å²) in [6.07, 6.45) is 2.61. The first-order chi connectivity index (χ1) is 10.1. The average molecular weight is 284 g/mol. The van der Waals surface area contributed by atoms with E-state index in [0.717, 1.165) is 11.6 Å². The summed E-state index contributed by atoms with van der Waals surface area (Å²) >= 11 is 0. The van der Waals surface area contributed by atoms with Gasteiger partial charge in [0, 0.05) is 17.7 Å². The van der Waals surface area contributed by atoms with Crippen LogP contribution in [-0.4, -0.2) is 18.2 Å². The Labute approximate surface area is 123 Å². The van der Waals surface area contributed by atoms with Crippen LogP contribution < -0.4 is 9.47 Å². The predicted molar refractivity (Wildman–Crippen MR) is 80.9 cm³/mol. The molecule has 0 unspecified atom stereocenters. The van der Waals surface area contributed by atoms with E-state index in [1.54, 1.807) is 13.2 Å². The summed E-state index contributed by atoms with van der Waals surface area (Å²) in [6, 6.07) is 12.8. The molecule has 0 aromatic heterocycles. The first-order valence-corrected chi connectivity index (χ1v) is 6.42. The van der Waals surface area contributed by atoms with Gasteiger partial charge in [-0.1, -0.05) is 17.7 Å². The van der Waals surface area contributed by atoms with E-state index in [0.29, 0.717) is 22.8 Å². The van der Waals surface area contributed by atoms with Gasteiger partial charge in [-0.15, -0.1) is 0 Å². The molecule has 0 atom stereocenters. The maximum Gasteiger partial charge on any atom is 0.328 e. The van der Waals surface area contributed by atoms with Gasteiger partial charge < -0.3 is 14.6 Å². The average Bonchev–Trinajstić information content (AvgIpc) is 2.47. The summed E-state index contributed by atoms with van der Waals surface area (Å²) in [5, 5.41) is 8.75. The second-order valence-electron chi connectivity index (χ2n) is 4.49. The summed E-state index contributed by atoms with van der Waals surface area (Å²) in [4.78, 5) is 10.7. The monoisotopic (exact) mass is 284 g/mol. The number of aliphatic carboxylic acids is 1. The van der Waals surface area contributed by atoms with Crippen molar-refractivity contribution in [2.75, 3.05) is 7.11 Å². The number of carbonyl (C=O) groups is 1. The van der Waals surface area contributed by atoms with Crippen LogP contribution in [0, 0.1) is 6.92 Å². The van der Waals surface area contributed by atoms with Gasteiger partial charge in [-0.05, 0) is 37.3 Å². The Hall–Kier alpha value is -2.75. The van der Waals surface area contributed by atoms with Gasteiger partial charge in [-0.2, -0.15) is 0 Å². The normalized spacial score (nSPS) is 10.6. The summed E-state index contributed by atoms with van der Waals surface area (Å²) in [5.41, 5.74) is 1.73. The lowest BCUT2D eigenvalue weighted by atomic mass is 10.1. The van der Waals surface area contributed by atoms with Crippen molar-refractivity contribution in [3.63, 3.8) is 0 Å². The van der Waals surface area contributed by atoms with Crippen molar-refractivity contribution in [2.24, 2.45) is 0 Å². The molecule has 0 saturated heterocycles. The van der Waals surface area contributed by atoms with Crippen molar-refractivity contribution in [3.05, 3.63) is 59.7 Å². The molecule has 2 aromatic rings. The first-order valence-electron chi connectivity index (χ1n) is 6.42. The molecule has 0 bridgehead atoms. The largest absolute Gasteiger partial charge is 0.497 e. The molecule has 2 rings (SSSR count). The number of hydrogen-bond acceptors (Lipinski definition) is 3. The molecule has 0 heterocycles. The fourth-order valence-corrected chi connectivity index (χ4v) is 1.84. The molecule has 108 valence electrons. The number of hydrogen-bond donors (Lipinski definition) is 1. The van der Waals surface area contributed by atoms with Gasteiger partial charge in [0.1, 0.15) is 17.2 Å². The highest BCUT2D eigenvalue weighted by Crippen LogP contribution is 2.29. The second kappa shape index (κ2) is 6.61. The van der Waals surface area contributed by atoms with Crippen molar-refractivity contribution < 1.29 is 19.4 Å².